The Labute approximate surface area is 98.6 Å². The molecule has 0 amide bonds. The van der Waals surface area contributed by atoms with Gasteiger partial charge in [0.05, 0.1) is 6.61 Å². The Kier molecular flexibility index (Phi) is 5.68. The Morgan fingerprint density at radius 3 is 2.93 bits per heavy atom. The van der Waals surface area contributed by atoms with E-state index in [0.717, 1.165) is 28.9 Å². The Morgan fingerprint density at radius 2 is 2.27 bits per heavy atom. The Hall–Kier alpha value is -0.580. The summed E-state index contributed by atoms with van der Waals surface area (Å²) in [7, 11) is 0. The summed E-state index contributed by atoms with van der Waals surface area (Å²) >= 11 is 3.48. The van der Waals surface area contributed by atoms with E-state index < -0.39 is 0 Å². The number of nitrogens with one attached hydrogen (secondary N) is 1. The molecule has 0 fully saturated rings. The third-order valence-corrected chi connectivity index (χ3v) is 2.72. The first kappa shape index (κ1) is 12.5. The van der Waals surface area contributed by atoms with Crippen LogP contribution in [0.3, 0.4) is 0 Å². The quantitative estimate of drug-likeness (QED) is 0.833. The van der Waals surface area contributed by atoms with Gasteiger partial charge in [0.1, 0.15) is 12.4 Å². The molecule has 1 rings (SSSR count). The maximum atomic E-state index is 8.65. The van der Waals surface area contributed by atoms with Crippen LogP contribution in [0.4, 0.5) is 0 Å². The van der Waals surface area contributed by atoms with Crippen LogP contribution in [0.15, 0.2) is 22.7 Å². The molecule has 3 nitrogen and oxygen atoms in total. The van der Waals surface area contributed by atoms with Crippen LogP contribution in [-0.4, -0.2) is 24.9 Å². The van der Waals surface area contributed by atoms with Crippen LogP contribution in [0.1, 0.15) is 12.5 Å². The van der Waals surface area contributed by atoms with Gasteiger partial charge in [-0.15, -0.1) is 0 Å². The minimum absolute atomic E-state index is 0.0403. The number of aliphatic hydroxyl groups excluding tert-OH is 1. The first-order chi connectivity index (χ1) is 7.27. The number of ether oxygens (including phenoxy) is 1. The van der Waals surface area contributed by atoms with E-state index in [1.54, 1.807) is 0 Å². The van der Waals surface area contributed by atoms with Crippen molar-refractivity contribution in [1.82, 2.24) is 5.32 Å². The second-order valence-electron chi connectivity index (χ2n) is 3.11. The molecule has 0 spiro atoms. The predicted octanol–water partition coefficient (Wildman–Crippen LogP) is 1.93. The standard InChI is InChI=1S/C11H16BrNO2/c1-2-13-8-9-7-10(15-6-5-14)3-4-11(9)12/h3-4,7,13-14H,2,5-6,8H2,1H3. The van der Waals surface area contributed by atoms with Gasteiger partial charge in [-0.2, -0.15) is 0 Å². The van der Waals surface area contributed by atoms with Crippen LogP contribution in [0.5, 0.6) is 5.75 Å². The fraction of sp³-hybridized carbons (Fsp3) is 0.455. The fourth-order valence-electron chi connectivity index (χ4n) is 1.20. The van der Waals surface area contributed by atoms with Gasteiger partial charge in [0, 0.05) is 11.0 Å². The minimum atomic E-state index is 0.0403. The molecule has 15 heavy (non-hydrogen) atoms. The number of halogens is 1. The van der Waals surface area contributed by atoms with Gasteiger partial charge in [-0.3, -0.25) is 0 Å². The second kappa shape index (κ2) is 6.82. The summed E-state index contributed by atoms with van der Waals surface area (Å²) in [6, 6.07) is 5.82. The van der Waals surface area contributed by atoms with Gasteiger partial charge in [-0.1, -0.05) is 22.9 Å². The molecular weight excluding hydrogens is 258 g/mol. The maximum absolute atomic E-state index is 8.65. The van der Waals surface area contributed by atoms with Crippen molar-refractivity contribution in [3.05, 3.63) is 28.2 Å². The van der Waals surface area contributed by atoms with Crippen molar-refractivity contribution in [2.45, 2.75) is 13.5 Å². The van der Waals surface area contributed by atoms with E-state index in [1.165, 1.54) is 0 Å². The molecule has 0 aliphatic rings. The molecule has 4 heteroatoms. The van der Waals surface area contributed by atoms with Gasteiger partial charge in [-0.25, -0.2) is 0 Å². The summed E-state index contributed by atoms with van der Waals surface area (Å²) in [4.78, 5) is 0. The zero-order valence-corrected chi connectivity index (χ0v) is 10.4. The van der Waals surface area contributed by atoms with Gasteiger partial charge in [-0.05, 0) is 30.3 Å². The molecule has 0 heterocycles. The van der Waals surface area contributed by atoms with Crippen LogP contribution in [0.2, 0.25) is 0 Å². The molecule has 84 valence electrons. The smallest absolute Gasteiger partial charge is 0.119 e. The Morgan fingerprint density at radius 1 is 1.47 bits per heavy atom. The number of aliphatic hydroxyl groups is 1. The van der Waals surface area contributed by atoms with Crippen LogP contribution in [-0.2, 0) is 6.54 Å². The lowest BCUT2D eigenvalue weighted by molar-refractivity contribution is 0.201. The van der Waals surface area contributed by atoms with E-state index in [1.807, 2.05) is 18.2 Å². The normalized spacial score (nSPS) is 10.3. The third-order valence-electron chi connectivity index (χ3n) is 1.94. The van der Waals surface area contributed by atoms with Crippen molar-refractivity contribution in [2.75, 3.05) is 19.8 Å². The molecule has 2 N–H and O–H groups in total. The first-order valence-electron chi connectivity index (χ1n) is 5.00. The van der Waals surface area contributed by atoms with E-state index in [9.17, 15) is 0 Å². The van der Waals surface area contributed by atoms with E-state index >= 15 is 0 Å². The summed E-state index contributed by atoms with van der Waals surface area (Å²) in [5, 5.41) is 11.9. The van der Waals surface area contributed by atoms with Crippen molar-refractivity contribution >= 4 is 15.9 Å². The second-order valence-corrected chi connectivity index (χ2v) is 3.96. The fourth-order valence-corrected chi connectivity index (χ4v) is 1.59. The predicted molar refractivity (Wildman–Crippen MR) is 64.1 cm³/mol. The van der Waals surface area contributed by atoms with Gasteiger partial charge in [0.2, 0.25) is 0 Å². The highest BCUT2D eigenvalue weighted by Gasteiger charge is 2.01. The minimum Gasteiger partial charge on any atom is -0.491 e. The van der Waals surface area contributed by atoms with Gasteiger partial charge < -0.3 is 15.2 Å². The topological polar surface area (TPSA) is 41.5 Å². The van der Waals surface area contributed by atoms with Crippen LogP contribution in [0, 0.1) is 0 Å². The van der Waals surface area contributed by atoms with E-state index in [4.69, 9.17) is 9.84 Å². The number of hydrogen-bond donors (Lipinski definition) is 2. The molecule has 1 aromatic carbocycles. The van der Waals surface area contributed by atoms with E-state index in [0.29, 0.717) is 6.61 Å². The Bertz CT molecular complexity index is 305. The van der Waals surface area contributed by atoms with Crippen LogP contribution < -0.4 is 10.1 Å². The summed E-state index contributed by atoms with van der Waals surface area (Å²) in [6.45, 7) is 4.20. The molecule has 1 aromatic rings. The number of hydrogen-bond acceptors (Lipinski definition) is 3. The average Bonchev–Trinajstić information content (AvgIpc) is 2.26. The van der Waals surface area contributed by atoms with E-state index in [-0.39, 0.29) is 6.61 Å². The van der Waals surface area contributed by atoms with Crippen molar-refractivity contribution < 1.29 is 9.84 Å². The zero-order chi connectivity index (χ0) is 11.1. The zero-order valence-electron chi connectivity index (χ0n) is 8.79. The van der Waals surface area contributed by atoms with Crippen LogP contribution >= 0.6 is 15.9 Å². The summed E-state index contributed by atoms with van der Waals surface area (Å²) in [5.74, 6) is 0.792. The van der Waals surface area contributed by atoms with Crippen molar-refractivity contribution in [3.63, 3.8) is 0 Å². The summed E-state index contributed by atoms with van der Waals surface area (Å²) in [6.07, 6.45) is 0. The third kappa shape index (κ3) is 4.20. The largest absolute Gasteiger partial charge is 0.491 e. The monoisotopic (exact) mass is 273 g/mol. The summed E-state index contributed by atoms with van der Waals surface area (Å²) in [5.41, 5.74) is 1.16. The van der Waals surface area contributed by atoms with Gasteiger partial charge in [0.15, 0.2) is 0 Å². The van der Waals surface area contributed by atoms with E-state index in [2.05, 4.69) is 28.2 Å². The molecule has 0 saturated carbocycles. The van der Waals surface area contributed by atoms with Gasteiger partial charge >= 0.3 is 0 Å². The Balaban J connectivity index is 2.66. The molecular formula is C11H16BrNO2. The molecule has 0 unspecified atom stereocenters. The van der Waals surface area contributed by atoms with Crippen LogP contribution in [0.25, 0.3) is 0 Å². The SMILES string of the molecule is CCNCc1cc(OCCO)ccc1Br. The number of benzene rings is 1. The molecule has 0 bridgehead atoms. The molecule has 0 aromatic heterocycles. The lowest BCUT2D eigenvalue weighted by Gasteiger charge is -2.09. The maximum Gasteiger partial charge on any atom is 0.119 e. The molecule has 0 aliphatic heterocycles. The highest BCUT2D eigenvalue weighted by atomic mass is 79.9. The molecule has 0 radical (unpaired) electrons. The molecule has 0 aliphatic carbocycles. The number of rotatable bonds is 6. The lowest BCUT2D eigenvalue weighted by atomic mass is 10.2. The summed E-state index contributed by atoms with van der Waals surface area (Å²) < 4.78 is 6.40. The lowest BCUT2D eigenvalue weighted by Crippen LogP contribution is -2.12. The van der Waals surface area contributed by atoms with Crippen molar-refractivity contribution in [3.8, 4) is 5.75 Å². The van der Waals surface area contributed by atoms with Crippen molar-refractivity contribution in [2.24, 2.45) is 0 Å². The molecule has 0 atom stereocenters. The van der Waals surface area contributed by atoms with Gasteiger partial charge in [0.25, 0.3) is 0 Å². The van der Waals surface area contributed by atoms with Crippen molar-refractivity contribution in [1.29, 1.82) is 0 Å². The average molecular weight is 274 g/mol. The highest BCUT2D eigenvalue weighted by Crippen LogP contribution is 2.22. The molecule has 0 saturated heterocycles. The first-order valence-corrected chi connectivity index (χ1v) is 5.80. The highest BCUT2D eigenvalue weighted by molar-refractivity contribution is 9.10.